The summed E-state index contributed by atoms with van der Waals surface area (Å²) >= 11 is 0. The lowest BCUT2D eigenvalue weighted by molar-refractivity contribution is 0.0697. The van der Waals surface area contributed by atoms with Gasteiger partial charge in [0.25, 0.3) is 0 Å². The van der Waals surface area contributed by atoms with Gasteiger partial charge in [-0.15, -0.1) is 0 Å². The number of carboxylic acids is 1. The van der Waals surface area contributed by atoms with Gasteiger partial charge in [0.05, 0.1) is 5.56 Å². The molecule has 1 aromatic heterocycles. The first-order valence-corrected chi connectivity index (χ1v) is 6.80. The zero-order valence-electron chi connectivity index (χ0n) is 12.2. The molecular formula is C17H14N2O3. The van der Waals surface area contributed by atoms with Crippen molar-refractivity contribution < 1.29 is 14.4 Å². The minimum Gasteiger partial charge on any atom is -0.478 e. The van der Waals surface area contributed by atoms with E-state index in [-0.39, 0.29) is 5.56 Å². The molecule has 0 aliphatic heterocycles. The number of aryl methyl sites for hydroxylation is 2. The zero-order chi connectivity index (χ0) is 15.7. The number of aromatic carboxylic acids is 1. The highest BCUT2D eigenvalue weighted by Crippen LogP contribution is 2.29. The normalized spacial score (nSPS) is 10.6. The third-order valence-corrected chi connectivity index (χ3v) is 3.46. The van der Waals surface area contributed by atoms with Crippen LogP contribution in [0.2, 0.25) is 0 Å². The van der Waals surface area contributed by atoms with Gasteiger partial charge in [0.1, 0.15) is 0 Å². The van der Waals surface area contributed by atoms with Crippen molar-refractivity contribution in [2.24, 2.45) is 0 Å². The summed E-state index contributed by atoms with van der Waals surface area (Å²) in [5, 5.41) is 13.2. The fourth-order valence-corrected chi connectivity index (χ4v) is 2.43. The maximum absolute atomic E-state index is 11.4. The number of benzene rings is 2. The summed E-state index contributed by atoms with van der Waals surface area (Å²) < 4.78 is 4.99. The molecule has 0 radical (unpaired) electrons. The molecule has 0 unspecified atom stereocenters. The van der Waals surface area contributed by atoms with Gasteiger partial charge < -0.3 is 9.63 Å². The Bertz CT molecular complexity index is 853. The summed E-state index contributed by atoms with van der Waals surface area (Å²) in [4.78, 5) is 15.6. The van der Waals surface area contributed by atoms with Crippen LogP contribution in [0.15, 0.2) is 47.0 Å². The molecule has 0 saturated heterocycles. The number of hydrogen-bond donors (Lipinski definition) is 1. The summed E-state index contributed by atoms with van der Waals surface area (Å²) in [6.45, 7) is 3.67. The van der Waals surface area contributed by atoms with E-state index in [0.29, 0.717) is 17.3 Å². The van der Waals surface area contributed by atoms with Gasteiger partial charge in [-0.2, -0.15) is 4.98 Å². The predicted octanol–water partition coefficient (Wildman–Crippen LogP) is 3.72. The molecule has 0 amide bonds. The summed E-state index contributed by atoms with van der Waals surface area (Å²) in [5.41, 5.74) is 3.65. The van der Waals surface area contributed by atoms with Gasteiger partial charge in [-0.3, -0.25) is 0 Å². The quantitative estimate of drug-likeness (QED) is 0.796. The molecule has 1 N–H and O–H groups in total. The Morgan fingerprint density at radius 1 is 1.09 bits per heavy atom. The average molecular weight is 294 g/mol. The third-order valence-electron chi connectivity index (χ3n) is 3.46. The van der Waals surface area contributed by atoms with E-state index < -0.39 is 5.97 Å². The van der Waals surface area contributed by atoms with Crippen molar-refractivity contribution >= 4 is 5.97 Å². The Balaban J connectivity index is 2.09. The minimum atomic E-state index is -0.937. The van der Waals surface area contributed by atoms with E-state index in [1.165, 1.54) is 0 Å². The molecule has 0 atom stereocenters. The largest absolute Gasteiger partial charge is 0.478 e. The zero-order valence-corrected chi connectivity index (χ0v) is 12.2. The van der Waals surface area contributed by atoms with Gasteiger partial charge in [-0.05, 0) is 35.7 Å². The molecule has 0 spiro atoms. The Morgan fingerprint density at radius 3 is 2.50 bits per heavy atom. The highest BCUT2D eigenvalue weighted by Gasteiger charge is 2.14. The Labute approximate surface area is 127 Å². The molecule has 2 aromatic carbocycles. The average Bonchev–Trinajstić information content (AvgIpc) is 2.94. The smallest absolute Gasteiger partial charge is 0.336 e. The monoisotopic (exact) mass is 294 g/mol. The van der Waals surface area contributed by atoms with E-state index in [1.54, 1.807) is 19.1 Å². The molecule has 3 rings (SSSR count). The first-order valence-electron chi connectivity index (χ1n) is 6.80. The van der Waals surface area contributed by atoms with Crippen molar-refractivity contribution in [1.82, 2.24) is 10.1 Å². The fraction of sp³-hybridized carbons (Fsp3) is 0.118. The van der Waals surface area contributed by atoms with Crippen LogP contribution in [0.1, 0.15) is 21.8 Å². The van der Waals surface area contributed by atoms with E-state index in [4.69, 9.17) is 4.52 Å². The lowest BCUT2D eigenvalue weighted by Gasteiger charge is -2.10. The maximum atomic E-state index is 11.4. The fourth-order valence-electron chi connectivity index (χ4n) is 2.43. The van der Waals surface area contributed by atoms with Crippen LogP contribution in [0.25, 0.3) is 22.5 Å². The van der Waals surface area contributed by atoms with Crippen molar-refractivity contribution in [3.63, 3.8) is 0 Å². The highest BCUT2D eigenvalue weighted by atomic mass is 16.5. The number of carboxylic acid groups (broad SMARTS) is 1. The van der Waals surface area contributed by atoms with Crippen LogP contribution in [0, 0.1) is 13.8 Å². The van der Waals surface area contributed by atoms with Crippen LogP contribution in [0.3, 0.4) is 0 Å². The molecule has 0 bridgehead atoms. The highest BCUT2D eigenvalue weighted by molar-refractivity contribution is 5.96. The Kier molecular flexibility index (Phi) is 3.47. The van der Waals surface area contributed by atoms with E-state index in [0.717, 1.165) is 16.7 Å². The van der Waals surface area contributed by atoms with E-state index >= 15 is 0 Å². The van der Waals surface area contributed by atoms with Crippen molar-refractivity contribution in [2.75, 3.05) is 0 Å². The molecular weight excluding hydrogens is 280 g/mol. The maximum Gasteiger partial charge on any atom is 0.336 e. The number of carbonyl (C=O) groups is 1. The van der Waals surface area contributed by atoms with E-state index in [1.807, 2.05) is 37.3 Å². The molecule has 0 aliphatic carbocycles. The SMILES string of the molecule is Cc1nc(-c2ccc(-c3ccccc3C(=O)O)c(C)c2)no1. The van der Waals surface area contributed by atoms with Crippen molar-refractivity contribution in [1.29, 1.82) is 0 Å². The summed E-state index contributed by atoms with van der Waals surface area (Å²) in [7, 11) is 0. The number of aromatic nitrogens is 2. The second kappa shape index (κ2) is 5.44. The molecule has 0 saturated carbocycles. The number of hydrogen-bond acceptors (Lipinski definition) is 4. The van der Waals surface area contributed by atoms with E-state index in [2.05, 4.69) is 10.1 Å². The van der Waals surface area contributed by atoms with Gasteiger partial charge in [0.15, 0.2) is 0 Å². The lowest BCUT2D eigenvalue weighted by atomic mass is 9.94. The first-order chi connectivity index (χ1) is 10.6. The van der Waals surface area contributed by atoms with Crippen LogP contribution in [0.4, 0.5) is 0 Å². The summed E-state index contributed by atoms with van der Waals surface area (Å²) in [5.74, 6) is 0.0968. The summed E-state index contributed by atoms with van der Waals surface area (Å²) in [6, 6.07) is 12.6. The number of nitrogens with zero attached hydrogens (tertiary/aromatic N) is 2. The molecule has 5 nitrogen and oxygen atoms in total. The van der Waals surface area contributed by atoms with Gasteiger partial charge in [-0.1, -0.05) is 35.5 Å². The molecule has 3 aromatic rings. The Morgan fingerprint density at radius 2 is 1.86 bits per heavy atom. The lowest BCUT2D eigenvalue weighted by Crippen LogP contribution is -2.00. The number of rotatable bonds is 3. The van der Waals surface area contributed by atoms with Crippen molar-refractivity contribution in [3.8, 4) is 22.5 Å². The molecule has 0 aliphatic rings. The van der Waals surface area contributed by atoms with Gasteiger partial charge in [-0.25, -0.2) is 4.79 Å². The minimum absolute atomic E-state index is 0.286. The molecule has 0 fully saturated rings. The summed E-state index contributed by atoms with van der Waals surface area (Å²) in [6.07, 6.45) is 0. The van der Waals surface area contributed by atoms with Crippen LogP contribution < -0.4 is 0 Å². The van der Waals surface area contributed by atoms with Crippen LogP contribution in [-0.2, 0) is 0 Å². The van der Waals surface area contributed by atoms with Crippen molar-refractivity contribution in [3.05, 3.63) is 59.5 Å². The predicted molar refractivity (Wildman–Crippen MR) is 81.6 cm³/mol. The van der Waals surface area contributed by atoms with Gasteiger partial charge in [0, 0.05) is 12.5 Å². The molecule has 5 heteroatoms. The van der Waals surface area contributed by atoms with E-state index in [9.17, 15) is 9.90 Å². The molecule has 22 heavy (non-hydrogen) atoms. The second-order valence-corrected chi connectivity index (χ2v) is 5.02. The molecule has 110 valence electrons. The van der Waals surface area contributed by atoms with Crippen molar-refractivity contribution in [2.45, 2.75) is 13.8 Å². The van der Waals surface area contributed by atoms with Crippen LogP contribution >= 0.6 is 0 Å². The van der Waals surface area contributed by atoms with Gasteiger partial charge in [0.2, 0.25) is 11.7 Å². The third kappa shape index (κ3) is 2.48. The van der Waals surface area contributed by atoms with Crippen LogP contribution in [0.5, 0.6) is 0 Å². The first kappa shape index (κ1) is 14.0. The van der Waals surface area contributed by atoms with Crippen LogP contribution in [-0.4, -0.2) is 21.2 Å². The standard InChI is InChI=1S/C17H14N2O3/c1-10-9-12(16-18-11(2)22-19-16)7-8-13(10)14-5-3-4-6-15(14)17(20)21/h3-9H,1-2H3,(H,20,21). The topological polar surface area (TPSA) is 76.2 Å². The second-order valence-electron chi connectivity index (χ2n) is 5.02. The Hall–Kier alpha value is -2.95. The van der Waals surface area contributed by atoms with Gasteiger partial charge >= 0.3 is 5.97 Å². The molecule has 1 heterocycles.